The average Bonchev–Trinajstić information content (AvgIpc) is 1.90. The third-order valence-electron chi connectivity index (χ3n) is 0.566. The minimum atomic E-state index is -1.36. The van der Waals surface area contributed by atoms with Crippen molar-refractivity contribution < 1.29 is 9.90 Å². The predicted octanol–water partition coefficient (Wildman–Crippen LogP) is 1.98. The van der Waals surface area contributed by atoms with Crippen LogP contribution in [0, 0.1) is 0 Å². The van der Waals surface area contributed by atoms with E-state index in [9.17, 15) is 0 Å². The van der Waals surface area contributed by atoms with Gasteiger partial charge in [-0.05, 0) is 12.1 Å². The molecule has 0 fully saturated rings. The molecule has 1 N–H and O–H groups in total. The van der Waals surface area contributed by atoms with Crippen LogP contribution in [0.3, 0.4) is 0 Å². The molecule has 0 unspecified atom stereocenters. The van der Waals surface area contributed by atoms with Crippen LogP contribution in [0.4, 0.5) is 4.79 Å². The van der Waals surface area contributed by atoms with Gasteiger partial charge in [-0.3, -0.25) is 4.98 Å². The van der Waals surface area contributed by atoms with Crippen molar-refractivity contribution in [2.75, 3.05) is 0 Å². The molecular formula is C6H6ClNO2. The molecule has 0 spiro atoms. The van der Waals surface area contributed by atoms with Gasteiger partial charge < -0.3 is 5.11 Å². The van der Waals surface area contributed by atoms with Gasteiger partial charge in [0.2, 0.25) is 0 Å². The molecule has 0 amide bonds. The Morgan fingerprint density at radius 2 is 1.70 bits per heavy atom. The predicted molar refractivity (Wildman–Crippen MR) is 38.1 cm³/mol. The third-order valence-corrected chi connectivity index (χ3v) is 0.566. The Morgan fingerprint density at radius 3 is 1.80 bits per heavy atom. The molecule has 0 saturated heterocycles. The molecule has 0 radical (unpaired) electrons. The lowest BCUT2D eigenvalue weighted by Gasteiger charge is -1.70. The van der Waals surface area contributed by atoms with E-state index in [0.717, 1.165) is 0 Å². The molecule has 1 heterocycles. The van der Waals surface area contributed by atoms with E-state index in [1.165, 1.54) is 0 Å². The topological polar surface area (TPSA) is 50.2 Å². The molecular weight excluding hydrogens is 154 g/mol. The smallest absolute Gasteiger partial charge is 0.401 e. The number of aromatic nitrogens is 1. The van der Waals surface area contributed by atoms with Gasteiger partial charge in [0.15, 0.2) is 0 Å². The van der Waals surface area contributed by atoms with Crippen LogP contribution >= 0.6 is 11.6 Å². The first-order valence-corrected chi connectivity index (χ1v) is 2.84. The fourth-order valence-electron chi connectivity index (χ4n) is 0.313. The van der Waals surface area contributed by atoms with Crippen LogP contribution < -0.4 is 0 Å². The second kappa shape index (κ2) is 6.04. The van der Waals surface area contributed by atoms with Gasteiger partial charge in [-0.25, -0.2) is 4.79 Å². The minimum absolute atomic E-state index is 1.36. The molecule has 0 aliphatic heterocycles. The maximum Gasteiger partial charge on any atom is 0.401 e. The van der Waals surface area contributed by atoms with Crippen molar-refractivity contribution in [2.24, 2.45) is 0 Å². The number of hydrogen-bond acceptors (Lipinski definition) is 2. The molecule has 0 aliphatic carbocycles. The number of pyridine rings is 1. The number of nitrogens with zero attached hydrogens (tertiary/aromatic N) is 1. The fraction of sp³-hybridized carbons (Fsp3) is 0. The zero-order valence-corrected chi connectivity index (χ0v) is 5.82. The summed E-state index contributed by atoms with van der Waals surface area (Å²) in [5.74, 6) is 0. The number of rotatable bonds is 0. The Balaban J connectivity index is 0.000000180. The highest BCUT2D eigenvalue weighted by Gasteiger charge is 1.71. The highest BCUT2D eigenvalue weighted by atomic mass is 35.5. The molecule has 3 nitrogen and oxygen atoms in total. The van der Waals surface area contributed by atoms with E-state index in [2.05, 4.69) is 16.6 Å². The maximum absolute atomic E-state index is 8.77. The van der Waals surface area contributed by atoms with Crippen molar-refractivity contribution in [3.8, 4) is 0 Å². The first kappa shape index (κ1) is 8.91. The SMILES string of the molecule is O=C(O)Cl.c1ccncc1. The van der Waals surface area contributed by atoms with E-state index in [0.29, 0.717) is 0 Å². The number of hydrogen-bond donors (Lipinski definition) is 1. The van der Waals surface area contributed by atoms with Gasteiger partial charge in [0.1, 0.15) is 0 Å². The second-order valence-corrected chi connectivity index (χ2v) is 1.60. The summed E-state index contributed by atoms with van der Waals surface area (Å²) in [4.78, 5) is 12.6. The Bertz CT molecular complexity index is 148. The molecule has 4 heteroatoms. The van der Waals surface area contributed by atoms with Gasteiger partial charge in [-0.15, -0.1) is 0 Å². The molecule has 1 aromatic heterocycles. The molecule has 0 aliphatic rings. The summed E-state index contributed by atoms with van der Waals surface area (Å²) < 4.78 is 0. The van der Waals surface area contributed by atoms with Crippen LogP contribution in [0.15, 0.2) is 30.6 Å². The van der Waals surface area contributed by atoms with Crippen molar-refractivity contribution in [2.45, 2.75) is 0 Å². The second-order valence-electron chi connectivity index (χ2n) is 1.28. The fourth-order valence-corrected chi connectivity index (χ4v) is 0.313. The Hall–Kier alpha value is -1.09. The monoisotopic (exact) mass is 159 g/mol. The first-order chi connectivity index (χ1) is 4.73. The van der Waals surface area contributed by atoms with Crippen LogP contribution in [0.1, 0.15) is 0 Å². The summed E-state index contributed by atoms with van der Waals surface area (Å²) in [6, 6.07) is 5.72. The van der Waals surface area contributed by atoms with E-state index < -0.39 is 5.43 Å². The number of carboxylic acid groups (broad SMARTS) is 1. The van der Waals surface area contributed by atoms with Crippen LogP contribution in [0.25, 0.3) is 0 Å². The first-order valence-electron chi connectivity index (χ1n) is 2.47. The van der Waals surface area contributed by atoms with Crippen LogP contribution in [0.2, 0.25) is 0 Å². The molecule has 0 atom stereocenters. The van der Waals surface area contributed by atoms with Gasteiger partial charge in [0, 0.05) is 24.0 Å². The molecule has 0 bridgehead atoms. The normalized spacial score (nSPS) is 7.30. The van der Waals surface area contributed by atoms with E-state index >= 15 is 0 Å². The van der Waals surface area contributed by atoms with Crippen molar-refractivity contribution in [1.29, 1.82) is 0 Å². The number of halogens is 1. The largest absolute Gasteiger partial charge is 0.469 e. The molecule has 1 aromatic rings. The van der Waals surface area contributed by atoms with Crippen LogP contribution in [0.5, 0.6) is 0 Å². The highest BCUT2D eigenvalue weighted by molar-refractivity contribution is 6.60. The molecule has 54 valence electrons. The quantitative estimate of drug-likeness (QED) is 0.589. The van der Waals surface area contributed by atoms with E-state index in [-0.39, 0.29) is 0 Å². The van der Waals surface area contributed by atoms with Crippen molar-refractivity contribution in [1.82, 2.24) is 4.98 Å². The molecule has 10 heavy (non-hydrogen) atoms. The standard InChI is InChI=1S/C5H5N.CHClO2/c1-2-4-6-5-3-1;2-1(3)4/h1-5H;(H,3,4). The lowest BCUT2D eigenvalue weighted by molar-refractivity contribution is 0.220. The molecule has 0 saturated carbocycles. The third kappa shape index (κ3) is 10.0. The lowest BCUT2D eigenvalue weighted by atomic mass is 10.5. The summed E-state index contributed by atoms with van der Waals surface area (Å²) >= 11 is 4.19. The van der Waals surface area contributed by atoms with Crippen LogP contribution in [-0.2, 0) is 0 Å². The summed E-state index contributed by atoms with van der Waals surface area (Å²) in [5.41, 5.74) is -1.36. The van der Waals surface area contributed by atoms with Gasteiger partial charge in [-0.1, -0.05) is 6.07 Å². The summed E-state index contributed by atoms with van der Waals surface area (Å²) in [5, 5.41) is 7.18. The van der Waals surface area contributed by atoms with E-state index in [4.69, 9.17) is 9.90 Å². The summed E-state index contributed by atoms with van der Waals surface area (Å²) in [7, 11) is 0. The minimum Gasteiger partial charge on any atom is -0.469 e. The zero-order chi connectivity index (χ0) is 7.82. The Kier molecular flexibility index (Phi) is 5.38. The van der Waals surface area contributed by atoms with Crippen LogP contribution in [-0.4, -0.2) is 15.5 Å². The number of carbonyl (C=O) groups is 1. The molecule has 1 rings (SSSR count). The Labute approximate surface area is 63.3 Å². The van der Waals surface area contributed by atoms with Gasteiger partial charge in [0.05, 0.1) is 0 Å². The average molecular weight is 160 g/mol. The lowest BCUT2D eigenvalue weighted by Crippen LogP contribution is -1.66. The highest BCUT2D eigenvalue weighted by Crippen LogP contribution is 1.73. The van der Waals surface area contributed by atoms with Crippen molar-refractivity contribution >= 4 is 17.0 Å². The maximum atomic E-state index is 8.77. The summed E-state index contributed by atoms with van der Waals surface area (Å²) in [6.45, 7) is 0. The Morgan fingerprint density at radius 1 is 1.30 bits per heavy atom. The zero-order valence-electron chi connectivity index (χ0n) is 5.07. The van der Waals surface area contributed by atoms with Crippen molar-refractivity contribution in [3.05, 3.63) is 30.6 Å². The van der Waals surface area contributed by atoms with Gasteiger partial charge >= 0.3 is 5.43 Å². The van der Waals surface area contributed by atoms with Gasteiger partial charge in [0.25, 0.3) is 0 Å². The van der Waals surface area contributed by atoms with Crippen molar-refractivity contribution in [3.63, 3.8) is 0 Å². The van der Waals surface area contributed by atoms with Gasteiger partial charge in [-0.2, -0.15) is 0 Å². The van der Waals surface area contributed by atoms with E-state index in [1.54, 1.807) is 12.4 Å². The van der Waals surface area contributed by atoms with E-state index in [1.807, 2.05) is 18.2 Å². The molecule has 0 aromatic carbocycles. The summed E-state index contributed by atoms with van der Waals surface area (Å²) in [6.07, 6.45) is 3.50.